The van der Waals surface area contributed by atoms with Gasteiger partial charge in [-0.15, -0.1) is 0 Å². The number of hydrogen-bond acceptors (Lipinski definition) is 2. The minimum Gasteiger partial charge on any atom is -0.381 e. The Bertz CT molecular complexity index is 99.4. The topological polar surface area (TPSA) is 21.3 Å². The Kier molecular flexibility index (Phi) is 2.69. The Labute approximate surface area is 63.0 Å². The van der Waals surface area contributed by atoms with E-state index in [1.807, 2.05) is 7.05 Å². The zero-order valence-corrected chi connectivity index (χ0v) is 6.94. The van der Waals surface area contributed by atoms with E-state index in [4.69, 9.17) is 4.74 Å². The quantitative estimate of drug-likeness (QED) is 0.620. The predicted molar refractivity (Wildman–Crippen MR) is 42.1 cm³/mol. The Hall–Kier alpha value is -0.0800. The average molecular weight is 143 g/mol. The summed E-state index contributed by atoms with van der Waals surface area (Å²) in [6.45, 7) is 4.97. The van der Waals surface area contributed by atoms with E-state index in [0.717, 1.165) is 19.8 Å². The summed E-state index contributed by atoms with van der Waals surface area (Å²) >= 11 is 0. The summed E-state index contributed by atoms with van der Waals surface area (Å²) < 4.78 is 5.37. The first-order chi connectivity index (χ1) is 4.83. The van der Waals surface area contributed by atoms with E-state index >= 15 is 0 Å². The van der Waals surface area contributed by atoms with Gasteiger partial charge in [0, 0.05) is 18.6 Å². The molecule has 0 aromatic heterocycles. The smallest absolute Gasteiger partial charge is 0.0534 e. The molecule has 0 radical (unpaired) electrons. The minimum absolute atomic E-state index is 0.519. The summed E-state index contributed by atoms with van der Waals surface area (Å²) in [7, 11) is 2.01. The maximum absolute atomic E-state index is 5.37. The zero-order chi connectivity index (χ0) is 7.45. The summed E-state index contributed by atoms with van der Waals surface area (Å²) in [5.74, 6) is 0. The van der Waals surface area contributed by atoms with Gasteiger partial charge in [-0.3, -0.25) is 0 Å². The van der Waals surface area contributed by atoms with Crippen molar-refractivity contribution in [3.63, 3.8) is 0 Å². The lowest BCUT2D eigenvalue weighted by atomic mass is 10.1. The molecule has 0 spiro atoms. The van der Waals surface area contributed by atoms with Crippen molar-refractivity contribution >= 4 is 0 Å². The largest absolute Gasteiger partial charge is 0.381 e. The summed E-state index contributed by atoms with van der Waals surface area (Å²) in [5, 5.41) is 3.20. The fraction of sp³-hybridized carbons (Fsp3) is 1.00. The van der Waals surface area contributed by atoms with Gasteiger partial charge in [-0.25, -0.2) is 0 Å². The van der Waals surface area contributed by atoms with Crippen molar-refractivity contribution in [1.82, 2.24) is 5.32 Å². The van der Waals surface area contributed by atoms with Crippen LogP contribution in [0.2, 0.25) is 0 Å². The van der Waals surface area contributed by atoms with Crippen molar-refractivity contribution in [2.75, 3.05) is 26.8 Å². The standard InChI is InChI=1S/C8H17NO/c1-3-10-7-8(4-5-8)6-9-2/h9H,3-7H2,1-2H3. The molecule has 1 fully saturated rings. The highest BCUT2D eigenvalue weighted by Crippen LogP contribution is 2.44. The number of hydrogen-bond donors (Lipinski definition) is 1. The summed E-state index contributed by atoms with van der Waals surface area (Å²) in [4.78, 5) is 0. The van der Waals surface area contributed by atoms with Crippen LogP contribution in [0.1, 0.15) is 19.8 Å². The molecule has 0 aromatic carbocycles. The van der Waals surface area contributed by atoms with E-state index in [1.165, 1.54) is 12.8 Å². The number of ether oxygens (including phenoxy) is 1. The summed E-state index contributed by atoms with van der Waals surface area (Å²) in [5.41, 5.74) is 0.519. The normalized spacial score (nSPS) is 21.0. The molecule has 1 saturated carbocycles. The molecule has 1 aliphatic rings. The Morgan fingerprint density at radius 2 is 2.20 bits per heavy atom. The van der Waals surface area contributed by atoms with E-state index in [9.17, 15) is 0 Å². The lowest BCUT2D eigenvalue weighted by molar-refractivity contribution is 0.101. The van der Waals surface area contributed by atoms with E-state index < -0.39 is 0 Å². The molecule has 0 heterocycles. The van der Waals surface area contributed by atoms with Crippen LogP contribution in [0.4, 0.5) is 0 Å². The first kappa shape index (κ1) is 8.02. The molecule has 1 aliphatic carbocycles. The molecule has 1 rings (SSSR count). The molecule has 0 aromatic rings. The zero-order valence-electron chi connectivity index (χ0n) is 6.94. The van der Waals surface area contributed by atoms with Crippen molar-refractivity contribution in [2.45, 2.75) is 19.8 Å². The SMILES string of the molecule is CCOCC1(CNC)CC1. The van der Waals surface area contributed by atoms with Crippen LogP contribution in [0.3, 0.4) is 0 Å². The molecule has 0 bridgehead atoms. The van der Waals surface area contributed by atoms with Gasteiger partial charge in [0.15, 0.2) is 0 Å². The van der Waals surface area contributed by atoms with E-state index in [2.05, 4.69) is 12.2 Å². The third-order valence-corrected chi connectivity index (χ3v) is 2.12. The molecule has 60 valence electrons. The van der Waals surface area contributed by atoms with Crippen LogP contribution in [0, 0.1) is 5.41 Å². The van der Waals surface area contributed by atoms with Gasteiger partial charge in [-0.05, 0) is 26.8 Å². The maximum Gasteiger partial charge on any atom is 0.0534 e. The Morgan fingerprint density at radius 1 is 1.50 bits per heavy atom. The summed E-state index contributed by atoms with van der Waals surface area (Å²) in [6, 6.07) is 0. The second-order valence-corrected chi connectivity index (χ2v) is 3.17. The van der Waals surface area contributed by atoms with Crippen molar-refractivity contribution < 1.29 is 4.74 Å². The van der Waals surface area contributed by atoms with Crippen molar-refractivity contribution in [3.8, 4) is 0 Å². The molecule has 1 N–H and O–H groups in total. The molecule has 10 heavy (non-hydrogen) atoms. The fourth-order valence-electron chi connectivity index (χ4n) is 1.24. The van der Waals surface area contributed by atoms with Crippen LogP contribution in [0.15, 0.2) is 0 Å². The second kappa shape index (κ2) is 3.35. The van der Waals surface area contributed by atoms with Crippen LogP contribution in [0.5, 0.6) is 0 Å². The first-order valence-electron chi connectivity index (χ1n) is 4.05. The highest BCUT2D eigenvalue weighted by Gasteiger charge is 2.41. The lowest BCUT2D eigenvalue weighted by Gasteiger charge is -2.13. The number of nitrogens with one attached hydrogen (secondary N) is 1. The van der Waals surface area contributed by atoms with Gasteiger partial charge < -0.3 is 10.1 Å². The van der Waals surface area contributed by atoms with Gasteiger partial charge in [0.05, 0.1) is 6.61 Å². The summed E-state index contributed by atoms with van der Waals surface area (Å²) in [6.07, 6.45) is 2.68. The van der Waals surface area contributed by atoms with Crippen LogP contribution < -0.4 is 5.32 Å². The number of rotatable bonds is 5. The van der Waals surface area contributed by atoms with Gasteiger partial charge in [0.25, 0.3) is 0 Å². The molecule has 0 aliphatic heterocycles. The molecule has 0 saturated heterocycles. The monoisotopic (exact) mass is 143 g/mol. The van der Waals surface area contributed by atoms with Crippen molar-refractivity contribution in [1.29, 1.82) is 0 Å². The lowest BCUT2D eigenvalue weighted by Crippen LogP contribution is -2.24. The fourth-order valence-corrected chi connectivity index (χ4v) is 1.24. The van der Waals surface area contributed by atoms with Gasteiger partial charge in [0.1, 0.15) is 0 Å². The van der Waals surface area contributed by atoms with Crippen LogP contribution in [-0.2, 0) is 4.74 Å². The van der Waals surface area contributed by atoms with E-state index in [0.29, 0.717) is 5.41 Å². The molecule has 2 heteroatoms. The van der Waals surface area contributed by atoms with Gasteiger partial charge in [-0.1, -0.05) is 0 Å². The third kappa shape index (κ3) is 1.96. The molecule has 0 amide bonds. The molecular weight excluding hydrogens is 126 g/mol. The molecule has 0 unspecified atom stereocenters. The maximum atomic E-state index is 5.37. The Balaban J connectivity index is 2.11. The highest BCUT2D eigenvalue weighted by molar-refractivity contribution is 4.94. The Morgan fingerprint density at radius 3 is 2.60 bits per heavy atom. The average Bonchev–Trinajstić information content (AvgIpc) is 2.67. The van der Waals surface area contributed by atoms with Crippen LogP contribution >= 0.6 is 0 Å². The first-order valence-corrected chi connectivity index (χ1v) is 4.05. The van der Waals surface area contributed by atoms with Gasteiger partial charge in [0.2, 0.25) is 0 Å². The van der Waals surface area contributed by atoms with Crippen LogP contribution in [-0.4, -0.2) is 26.8 Å². The molecule has 0 atom stereocenters. The van der Waals surface area contributed by atoms with E-state index in [-0.39, 0.29) is 0 Å². The van der Waals surface area contributed by atoms with Crippen molar-refractivity contribution in [3.05, 3.63) is 0 Å². The molecular formula is C8H17NO. The minimum atomic E-state index is 0.519. The second-order valence-electron chi connectivity index (χ2n) is 3.17. The molecule has 2 nitrogen and oxygen atoms in total. The predicted octanol–water partition coefficient (Wildman–Crippen LogP) is 1.02. The van der Waals surface area contributed by atoms with Gasteiger partial charge in [-0.2, -0.15) is 0 Å². The van der Waals surface area contributed by atoms with Crippen molar-refractivity contribution in [2.24, 2.45) is 5.41 Å². The highest BCUT2D eigenvalue weighted by atomic mass is 16.5. The van der Waals surface area contributed by atoms with Crippen LogP contribution in [0.25, 0.3) is 0 Å². The van der Waals surface area contributed by atoms with Gasteiger partial charge >= 0.3 is 0 Å². The van der Waals surface area contributed by atoms with E-state index in [1.54, 1.807) is 0 Å². The third-order valence-electron chi connectivity index (χ3n) is 2.12.